The number of halogens is 3. The molecule has 0 aliphatic carbocycles. The van der Waals surface area contributed by atoms with Crippen LogP contribution in [0.5, 0.6) is 0 Å². The van der Waals surface area contributed by atoms with Crippen LogP contribution in [0.4, 0.5) is 19.0 Å². The predicted octanol–water partition coefficient (Wildman–Crippen LogP) is 3.10. The highest BCUT2D eigenvalue weighted by Gasteiger charge is 2.33. The number of nitrogens with zero attached hydrogens (tertiary/aromatic N) is 4. The molecule has 0 bridgehead atoms. The Labute approximate surface area is 167 Å². The van der Waals surface area contributed by atoms with Gasteiger partial charge in [0.1, 0.15) is 11.9 Å². The van der Waals surface area contributed by atoms with Crippen molar-refractivity contribution >= 4 is 15.8 Å². The minimum absolute atomic E-state index is 0.142. The van der Waals surface area contributed by atoms with Gasteiger partial charge in [-0.3, -0.25) is 0 Å². The van der Waals surface area contributed by atoms with Crippen molar-refractivity contribution < 1.29 is 21.6 Å². The summed E-state index contributed by atoms with van der Waals surface area (Å²) in [4.78, 5) is 6.11. The van der Waals surface area contributed by atoms with Crippen LogP contribution in [0.25, 0.3) is 0 Å². The molecule has 2 heterocycles. The Kier molecular flexibility index (Phi) is 5.56. The number of piperazine rings is 1. The summed E-state index contributed by atoms with van der Waals surface area (Å²) in [5.74, 6) is 0.525. The molecule has 0 amide bonds. The topological polar surface area (TPSA) is 77.3 Å². The fourth-order valence-corrected chi connectivity index (χ4v) is 4.71. The summed E-state index contributed by atoms with van der Waals surface area (Å²) in [6, 6.07) is 7.44. The summed E-state index contributed by atoms with van der Waals surface area (Å²) >= 11 is 0. The number of nitriles is 1. The third-order valence-corrected chi connectivity index (χ3v) is 6.71. The van der Waals surface area contributed by atoms with Crippen LogP contribution in [0.15, 0.2) is 35.2 Å². The summed E-state index contributed by atoms with van der Waals surface area (Å²) in [6.45, 7) is 4.58. The molecule has 0 unspecified atom stereocenters. The molecule has 0 saturated carbocycles. The number of hydrogen-bond acceptors (Lipinski definition) is 5. The van der Waals surface area contributed by atoms with Crippen molar-refractivity contribution in [2.24, 2.45) is 0 Å². The van der Waals surface area contributed by atoms with Crippen LogP contribution in [0.1, 0.15) is 22.4 Å². The number of hydrogen-bond donors (Lipinski definition) is 0. The second-order valence-electron chi connectivity index (χ2n) is 6.80. The van der Waals surface area contributed by atoms with Crippen LogP contribution in [0, 0.1) is 25.2 Å². The largest absolute Gasteiger partial charge is 0.416 e. The SMILES string of the molecule is Cc1cc(C)c(C#N)c(N2CCN(S(=O)(=O)c3ccc(C(F)(F)F)cc3)CC2)n1. The first-order valence-corrected chi connectivity index (χ1v) is 10.3. The highest BCUT2D eigenvalue weighted by Crippen LogP contribution is 2.30. The fraction of sp³-hybridized carbons (Fsp3) is 0.368. The van der Waals surface area contributed by atoms with Crippen LogP contribution in [0.3, 0.4) is 0 Å². The second-order valence-corrected chi connectivity index (χ2v) is 8.74. The summed E-state index contributed by atoms with van der Waals surface area (Å²) < 4.78 is 64.9. The summed E-state index contributed by atoms with van der Waals surface area (Å²) in [6.07, 6.45) is -4.52. The standard InChI is InChI=1S/C19H19F3N4O2S/c1-13-11-14(2)24-18(17(13)12-23)25-7-9-26(10-8-25)29(27,28)16-5-3-15(4-6-16)19(20,21)22/h3-6,11H,7-10H2,1-2H3. The molecular formula is C19H19F3N4O2S. The highest BCUT2D eigenvalue weighted by molar-refractivity contribution is 7.89. The fourth-order valence-electron chi connectivity index (χ4n) is 3.29. The second kappa shape index (κ2) is 7.65. The number of rotatable bonds is 3. The summed E-state index contributed by atoms with van der Waals surface area (Å²) in [7, 11) is -3.91. The van der Waals surface area contributed by atoms with Crippen molar-refractivity contribution in [1.82, 2.24) is 9.29 Å². The first kappa shape index (κ1) is 21.1. The molecule has 1 saturated heterocycles. The Morgan fingerprint density at radius 2 is 1.66 bits per heavy atom. The molecule has 2 aromatic rings. The number of sulfonamides is 1. The lowest BCUT2D eigenvalue weighted by atomic mass is 10.1. The molecule has 29 heavy (non-hydrogen) atoms. The van der Waals surface area contributed by atoms with E-state index in [1.807, 2.05) is 24.8 Å². The van der Waals surface area contributed by atoms with Gasteiger partial charge in [-0.25, -0.2) is 13.4 Å². The van der Waals surface area contributed by atoms with Crippen molar-refractivity contribution in [2.75, 3.05) is 31.1 Å². The van der Waals surface area contributed by atoms with E-state index in [9.17, 15) is 26.9 Å². The molecule has 0 radical (unpaired) electrons. The van der Waals surface area contributed by atoms with E-state index in [0.29, 0.717) is 24.5 Å². The molecule has 1 aromatic carbocycles. The van der Waals surface area contributed by atoms with Gasteiger partial charge >= 0.3 is 6.18 Å². The Morgan fingerprint density at radius 1 is 1.07 bits per heavy atom. The minimum atomic E-state index is -4.52. The van der Waals surface area contributed by atoms with Gasteiger partial charge < -0.3 is 4.90 Å². The average molecular weight is 424 g/mol. The van der Waals surface area contributed by atoms with Gasteiger partial charge in [-0.05, 0) is 49.7 Å². The average Bonchev–Trinajstić information content (AvgIpc) is 2.67. The van der Waals surface area contributed by atoms with E-state index in [-0.39, 0.29) is 18.0 Å². The zero-order valence-corrected chi connectivity index (χ0v) is 16.7. The van der Waals surface area contributed by atoms with E-state index >= 15 is 0 Å². The number of benzene rings is 1. The molecule has 1 aromatic heterocycles. The Morgan fingerprint density at radius 3 is 2.17 bits per heavy atom. The third-order valence-electron chi connectivity index (χ3n) is 4.79. The first-order valence-electron chi connectivity index (χ1n) is 8.85. The van der Waals surface area contributed by atoms with Gasteiger partial charge in [0.05, 0.1) is 16.0 Å². The predicted molar refractivity (Wildman–Crippen MR) is 101 cm³/mol. The number of alkyl halides is 3. The van der Waals surface area contributed by atoms with Gasteiger partial charge in [0.15, 0.2) is 0 Å². The molecule has 10 heteroatoms. The van der Waals surface area contributed by atoms with Gasteiger partial charge in [0.2, 0.25) is 10.0 Å². The molecule has 0 N–H and O–H groups in total. The molecule has 0 atom stereocenters. The Balaban J connectivity index is 1.78. The smallest absolute Gasteiger partial charge is 0.353 e. The van der Waals surface area contributed by atoms with E-state index < -0.39 is 21.8 Å². The quantitative estimate of drug-likeness (QED) is 0.757. The minimum Gasteiger partial charge on any atom is -0.353 e. The van der Waals surface area contributed by atoms with Crippen LogP contribution >= 0.6 is 0 Å². The van der Waals surface area contributed by atoms with E-state index in [0.717, 1.165) is 35.5 Å². The maximum atomic E-state index is 12.8. The van der Waals surface area contributed by atoms with Crippen molar-refractivity contribution in [2.45, 2.75) is 24.9 Å². The number of anilines is 1. The molecule has 6 nitrogen and oxygen atoms in total. The molecule has 1 aliphatic rings. The highest BCUT2D eigenvalue weighted by atomic mass is 32.2. The lowest BCUT2D eigenvalue weighted by Crippen LogP contribution is -2.49. The number of pyridine rings is 1. The van der Waals surface area contributed by atoms with Crippen molar-refractivity contribution in [3.05, 3.63) is 52.7 Å². The van der Waals surface area contributed by atoms with Crippen LogP contribution in [-0.4, -0.2) is 43.9 Å². The zero-order valence-electron chi connectivity index (χ0n) is 15.9. The molecule has 1 aliphatic heterocycles. The van der Waals surface area contributed by atoms with Crippen molar-refractivity contribution in [3.63, 3.8) is 0 Å². The monoisotopic (exact) mass is 424 g/mol. The molecule has 0 spiro atoms. The van der Waals surface area contributed by atoms with Gasteiger partial charge in [0, 0.05) is 31.9 Å². The molecule has 154 valence electrons. The van der Waals surface area contributed by atoms with Crippen molar-refractivity contribution in [1.29, 1.82) is 5.26 Å². The normalized spacial score (nSPS) is 15.9. The maximum absolute atomic E-state index is 12.8. The zero-order chi connectivity index (χ0) is 21.4. The Hall–Kier alpha value is -2.64. The lowest BCUT2D eigenvalue weighted by Gasteiger charge is -2.35. The van der Waals surface area contributed by atoms with Crippen LogP contribution < -0.4 is 4.90 Å². The lowest BCUT2D eigenvalue weighted by molar-refractivity contribution is -0.137. The molecular weight excluding hydrogens is 405 g/mol. The van der Waals surface area contributed by atoms with Crippen LogP contribution in [-0.2, 0) is 16.2 Å². The van der Waals surface area contributed by atoms with Crippen LogP contribution in [0.2, 0.25) is 0 Å². The Bertz CT molecular complexity index is 1050. The van der Waals surface area contributed by atoms with Crippen molar-refractivity contribution in [3.8, 4) is 6.07 Å². The first-order chi connectivity index (χ1) is 13.5. The molecule has 1 fully saturated rings. The summed E-state index contributed by atoms with van der Waals surface area (Å²) in [5, 5.41) is 9.43. The van der Waals surface area contributed by atoms with Gasteiger partial charge in [-0.1, -0.05) is 0 Å². The molecule has 3 rings (SSSR count). The van der Waals surface area contributed by atoms with E-state index in [2.05, 4.69) is 11.1 Å². The van der Waals surface area contributed by atoms with Gasteiger partial charge in [0.25, 0.3) is 0 Å². The maximum Gasteiger partial charge on any atom is 0.416 e. The van der Waals surface area contributed by atoms with E-state index in [1.165, 1.54) is 4.31 Å². The third kappa shape index (κ3) is 4.21. The van der Waals surface area contributed by atoms with Gasteiger partial charge in [-0.15, -0.1) is 0 Å². The number of aryl methyl sites for hydroxylation is 2. The summed E-state index contributed by atoms with van der Waals surface area (Å²) in [5.41, 5.74) is 1.12. The van der Waals surface area contributed by atoms with E-state index in [4.69, 9.17) is 0 Å². The van der Waals surface area contributed by atoms with E-state index in [1.54, 1.807) is 0 Å². The van der Waals surface area contributed by atoms with Gasteiger partial charge in [-0.2, -0.15) is 22.7 Å². The number of aromatic nitrogens is 1.